The van der Waals surface area contributed by atoms with Crippen molar-refractivity contribution >= 4 is 10.9 Å². The molecule has 2 aromatic carbocycles. The molecule has 2 aromatic heterocycles. The van der Waals surface area contributed by atoms with Gasteiger partial charge in [-0.15, -0.1) is 0 Å². The number of fused-ring (bicyclic) bond motifs is 1. The summed E-state index contributed by atoms with van der Waals surface area (Å²) in [5.74, 6) is 0. The van der Waals surface area contributed by atoms with Crippen LogP contribution in [0.5, 0.6) is 0 Å². The molecule has 2 atom stereocenters. The average molecular weight is 387 g/mol. The molecule has 6 heteroatoms. The molecule has 6 nitrogen and oxygen atoms in total. The summed E-state index contributed by atoms with van der Waals surface area (Å²) < 4.78 is 3.63. The molecule has 1 fully saturated rings. The lowest BCUT2D eigenvalue weighted by atomic mass is 9.91. The molecule has 3 heterocycles. The van der Waals surface area contributed by atoms with E-state index < -0.39 is 0 Å². The number of likely N-dealkylation sites (tertiary alicyclic amines) is 1. The molecule has 0 aliphatic carbocycles. The van der Waals surface area contributed by atoms with Crippen LogP contribution in [0.25, 0.3) is 16.6 Å². The Morgan fingerprint density at radius 2 is 1.97 bits per heavy atom. The van der Waals surface area contributed by atoms with E-state index >= 15 is 0 Å². The van der Waals surface area contributed by atoms with Crippen LogP contribution < -0.4 is 5.69 Å². The van der Waals surface area contributed by atoms with Gasteiger partial charge < -0.3 is 4.90 Å². The van der Waals surface area contributed by atoms with Crippen LogP contribution in [0.4, 0.5) is 0 Å². The zero-order valence-corrected chi connectivity index (χ0v) is 16.5. The monoisotopic (exact) mass is 387 g/mol. The first-order chi connectivity index (χ1) is 14.2. The van der Waals surface area contributed by atoms with Crippen LogP contribution in [0.2, 0.25) is 0 Å². The quantitative estimate of drug-likeness (QED) is 0.582. The van der Waals surface area contributed by atoms with Crippen LogP contribution in [-0.2, 0) is 0 Å². The second kappa shape index (κ2) is 7.37. The summed E-state index contributed by atoms with van der Waals surface area (Å²) in [5, 5.41) is 8.03. The van der Waals surface area contributed by atoms with Gasteiger partial charge in [-0.2, -0.15) is 5.10 Å². The SMILES string of the molecule is CN1CCCC[C@H]1[C@H](c1ccccc1)n1ccn(-c2ccc3[nH]ncc3c2)c1=O. The molecule has 0 bridgehead atoms. The molecule has 148 valence electrons. The van der Waals surface area contributed by atoms with Crippen molar-refractivity contribution < 1.29 is 0 Å². The van der Waals surface area contributed by atoms with E-state index in [4.69, 9.17) is 0 Å². The molecule has 0 saturated carbocycles. The molecule has 0 unspecified atom stereocenters. The van der Waals surface area contributed by atoms with Gasteiger partial charge in [0.05, 0.1) is 23.4 Å². The van der Waals surface area contributed by atoms with Crippen molar-refractivity contribution in [2.24, 2.45) is 0 Å². The van der Waals surface area contributed by atoms with Crippen LogP contribution in [0, 0.1) is 0 Å². The average Bonchev–Trinajstić information content (AvgIpc) is 3.37. The van der Waals surface area contributed by atoms with Crippen molar-refractivity contribution in [2.75, 3.05) is 13.6 Å². The standard InChI is InChI=1S/C23H25N5O/c1-26-12-6-5-9-21(26)22(17-7-3-2-4-8-17)28-14-13-27(23(28)29)19-10-11-20-18(15-19)16-24-25-20/h2-4,7-8,10-11,13-16,21-22H,5-6,9,12H2,1H3,(H,24,25)/t21-,22-/m0/s1. The number of rotatable bonds is 4. The van der Waals surface area contributed by atoms with E-state index in [1.165, 1.54) is 18.4 Å². The fourth-order valence-corrected chi connectivity index (χ4v) is 4.60. The predicted octanol–water partition coefficient (Wildman–Crippen LogP) is 3.59. The van der Waals surface area contributed by atoms with Crippen molar-refractivity contribution in [2.45, 2.75) is 31.3 Å². The van der Waals surface area contributed by atoms with E-state index in [9.17, 15) is 4.79 Å². The van der Waals surface area contributed by atoms with Gasteiger partial charge in [0.1, 0.15) is 0 Å². The molecule has 4 aromatic rings. The molecule has 1 N–H and O–H groups in total. The Bertz CT molecular complexity index is 1170. The number of nitrogens with zero attached hydrogens (tertiary/aromatic N) is 4. The highest BCUT2D eigenvalue weighted by Crippen LogP contribution is 2.30. The fourth-order valence-electron chi connectivity index (χ4n) is 4.60. The second-order valence-corrected chi connectivity index (χ2v) is 7.90. The van der Waals surface area contributed by atoms with Gasteiger partial charge in [0.15, 0.2) is 0 Å². The number of hydrogen-bond acceptors (Lipinski definition) is 3. The number of piperidine rings is 1. The highest BCUT2D eigenvalue weighted by Gasteiger charge is 2.31. The van der Waals surface area contributed by atoms with E-state index in [0.717, 1.165) is 29.6 Å². The Morgan fingerprint density at radius 3 is 2.79 bits per heavy atom. The zero-order valence-electron chi connectivity index (χ0n) is 16.5. The minimum atomic E-state index is -0.0133. The maximum atomic E-state index is 13.5. The Labute approximate surface area is 169 Å². The molecule has 0 amide bonds. The maximum Gasteiger partial charge on any atom is 0.333 e. The van der Waals surface area contributed by atoms with Crippen LogP contribution in [0.15, 0.2) is 71.9 Å². The Kier molecular flexibility index (Phi) is 4.56. The Morgan fingerprint density at radius 1 is 1.10 bits per heavy atom. The summed E-state index contributed by atoms with van der Waals surface area (Å²) in [6.45, 7) is 1.07. The van der Waals surface area contributed by atoms with E-state index in [-0.39, 0.29) is 11.7 Å². The number of nitrogens with one attached hydrogen (secondary N) is 1. The molecule has 0 spiro atoms. The van der Waals surface area contributed by atoms with Crippen LogP contribution >= 0.6 is 0 Å². The van der Waals surface area contributed by atoms with Gasteiger partial charge in [0.2, 0.25) is 0 Å². The van der Waals surface area contributed by atoms with E-state index in [1.807, 2.05) is 41.2 Å². The minimum Gasteiger partial charge on any atom is -0.301 e. The molecule has 1 aliphatic rings. The largest absolute Gasteiger partial charge is 0.333 e. The van der Waals surface area contributed by atoms with Crippen molar-refractivity contribution in [3.8, 4) is 5.69 Å². The summed E-state index contributed by atoms with van der Waals surface area (Å²) >= 11 is 0. The van der Waals surface area contributed by atoms with Crippen LogP contribution in [0.1, 0.15) is 30.9 Å². The van der Waals surface area contributed by atoms with Gasteiger partial charge in [-0.25, -0.2) is 4.79 Å². The first kappa shape index (κ1) is 17.9. The first-order valence-corrected chi connectivity index (χ1v) is 10.2. The number of hydrogen-bond donors (Lipinski definition) is 1. The van der Waals surface area contributed by atoms with E-state index in [2.05, 4.69) is 46.4 Å². The van der Waals surface area contributed by atoms with Crippen LogP contribution in [-0.4, -0.2) is 43.9 Å². The molecular weight excluding hydrogens is 362 g/mol. The van der Waals surface area contributed by atoms with Crippen LogP contribution in [0.3, 0.4) is 0 Å². The van der Waals surface area contributed by atoms with E-state index in [1.54, 1.807) is 10.8 Å². The van der Waals surface area contributed by atoms with Crippen molar-refractivity contribution in [1.29, 1.82) is 0 Å². The fraction of sp³-hybridized carbons (Fsp3) is 0.304. The summed E-state index contributed by atoms with van der Waals surface area (Å²) in [6, 6.07) is 16.6. The third kappa shape index (κ3) is 3.19. The second-order valence-electron chi connectivity index (χ2n) is 7.90. The lowest BCUT2D eigenvalue weighted by Gasteiger charge is -2.38. The molecule has 29 heavy (non-hydrogen) atoms. The van der Waals surface area contributed by atoms with Gasteiger partial charge in [-0.1, -0.05) is 36.8 Å². The minimum absolute atomic E-state index is 0.00657. The number of benzene rings is 2. The molecule has 0 radical (unpaired) electrons. The number of H-pyrrole nitrogens is 1. The normalized spacial score (nSPS) is 18.9. The first-order valence-electron chi connectivity index (χ1n) is 10.2. The highest BCUT2D eigenvalue weighted by atomic mass is 16.1. The Hall–Kier alpha value is -3.12. The van der Waals surface area contributed by atoms with Crippen molar-refractivity contribution in [1.82, 2.24) is 24.2 Å². The topological polar surface area (TPSA) is 58.9 Å². The van der Waals surface area contributed by atoms with Gasteiger partial charge in [-0.3, -0.25) is 14.2 Å². The molecule has 1 aliphatic heterocycles. The van der Waals surface area contributed by atoms with Gasteiger partial charge in [-0.05, 0) is 50.2 Å². The highest BCUT2D eigenvalue weighted by molar-refractivity contribution is 5.80. The molecular formula is C23H25N5O. The van der Waals surface area contributed by atoms with Gasteiger partial charge >= 0.3 is 5.69 Å². The predicted molar refractivity (Wildman–Crippen MR) is 115 cm³/mol. The number of likely N-dealkylation sites (N-methyl/N-ethyl adjacent to an activating group) is 1. The lowest BCUT2D eigenvalue weighted by Crippen LogP contribution is -2.45. The summed E-state index contributed by atoms with van der Waals surface area (Å²) in [7, 11) is 2.18. The van der Waals surface area contributed by atoms with Gasteiger partial charge in [0, 0.05) is 23.8 Å². The molecule has 1 saturated heterocycles. The lowest BCUT2D eigenvalue weighted by molar-refractivity contribution is 0.145. The zero-order chi connectivity index (χ0) is 19.8. The summed E-state index contributed by atoms with van der Waals surface area (Å²) in [6.07, 6.45) is 9.10. The smallest absolute Gasteiger partial charge is 0.301 e. The summed E-state index contributed by atoms with van der Waals surface area (Å²) in [5.41, 5.74) is 2.98. The third-order valence-electron chi connectivity index (χ3n) is 6.14. The summed E-state index contributed by atoms with van der Waals surface area (Å²) in [4.78, 5) is 15.9. The molecule has 5 rings (SSSR count). The maximum absolute atomic E-state index is 13.5. The number of aromatic nitrogens is 4. The Balaban J connectivity index is 1.60. The van der Waals surface area contributed by atoms with Crippen molar-refractivity contribution in [3.05, 3.63) is 83.2 Å². The third-order valence-corrected chi connectivity index (χ3v) is 6.14. The van der Waals surface area contributed by atoms with E-state index in [0.29, 0.717) is 6.04 Å². The van der Waals surface area contributed by atoms with Gasteiger partial charge in [0.25, 0.3) is 0 Å². The number of aromatic amines is 1. The van der Waals surface area contributed by atoms with Crippen molar-refractivity contribution in [3.63, 3.8) is 0 Å². The number of imidazole rings is 1.